The number of fused-ring (bicyclic) bond motifs is 1. The molecule has 11 atom stereocenters. The molecule has 1 N–H and O–H groups in total. The lowest BCUT2D eigenvalue weighted by Gasteiger charge is -2.49. The molecule has 1 aliphatic heterocycles. The zero-order valence-corrected chi connectivity index (χ0v) is 22.2. The molecule has 10 nitrogen and oxygen atoms in total. The van der Waals surface area contributed by atoms with Crippen LogP contribution in [-0.2, 0) is 42.9 Å². The normalized spacial score (nSPS) is 46.2. The molecular weight excluding hydrogens is 508 g/mol. The van der Waals surface area contributed by atoms with Crippen LogP contribution in [0.4, 0.5) is 0 Å². The van der Waals surface area contributed by atoms with Gasteiger partial charge in [-0.3, -0.25) is 24.0 Å². The van der Waals surface area contributed by atoms with E-state index in [9.17, 15) is 29.1 Å². The van der Waals surface area contributed by atoms with E-state index >= 15 is 0 Å². The Labute approximate surface area is 219 Å². The monoisotopic (exact) mass is 538 g/mol. The van der Waals surface area contributed by atoms with Crippen molar-refractivity contribution >= 4 is 41.3 Å². The van der Waals surface area contributed by atoms with Crippen LogP contribution in [0, 0.1) is 29.1 Å². The first-order valence-corrected chi connectivity index (χ1v) is 12.5. The fourth-order valence-electron chi connectivity index (χ4n) is 7.11. The molecule has 1 saturated heterocycles. The number of esters is 4. The number of aliphatic hydroxyl groups is 1. The fourth-order valence-corrected chi connectivity index (χ4v) is 7.49. The second-order valence-electron chi connectivity index (χ2n) is 10.8. The van der Waals surface area contributed by atoms with E-state index in [2.05, 4.69) is 6.58 Å². The predicted molar refractivity (Wildman–Crippen MR) is 127 cm³/mol. The van der Waals surface area contributed by atoms with E-state index in [4.69, 9.17) is 30.5 Å². The minimum atomic E-state index is -2.26. The summed E-state index contributed by atoms with van der Waals surface area (Å²) >= 11 is 6.79. The van der Waals surface area contributed by atoms with Gasteiger partial charge in [0.2, 0.25) is 0 Å². The van der Waals surface area contributed by atoms with Crippen molar-refractivity contribution < 1.29 is 48.0 Å². The SMILES string of the molecule is C=C1C(Cl)C2OC(=O)C(C)C2(O)[C@@H](OC(C)=O)C2[C@@]3(C)[C@H](C=C[C@H]3C(=O)[C@@]2(C)OC(C)=O)C1OC(C)=O. The summed E-state index contributed by atoms with van der Waals surface area (Å²) in [7, 11) is 0. The highest BCUT2D eigenvalue weighted by Crippen LogP contribution is 2.66. The molecule has 0 radical (unpaired) electrons. The van der Waals surface area contributed by atoms with E-state index in [0.29, 0.717) is 0 Å². The van der Waals surface area contributed by atoms with Gasteiger partial charge in [-0.05, 0) is 19.4 Å². The molecule has 0 spiro atoms. The second kappa shape index (κ2) is 8.66. The van der Waals surface area contributed by atoms with Crippen molar-refractivity contribution in [2.75, 3.05) is 0 Å². The van der Waals surface area contributed by atoms with Gasteiger partial charge in [0.15, 0.2) is 23.1 Å². The third kappa shape index (κ3) is 3.59. The number of Topliss-reactive ketones (excluding diaryl/α,β-unsaturated/α-hetero) is 1. The molecular formula is C26H31ClO10. The number of allylic oxidation sites excluding steroid dienone is 1. The Morgan fingerprint density at radius 2 is 1.65 bits per heavy atom. The molecule has 0 aromatic heterocycles. The smallest absolute Gasteiger partial charge is 0.312 e. The fraction of sp³-hybridized carbons (Fsp3) is 0.654. The van der Waals surface area contributed by atoms with Crippen molar-refractivity contribution in [2.45, 2.75) is 76.4 Å². The van der Waals surface area contributed by atoms with Gasteiger partial charge in [-0.25, -0.2) is 0 Å². The summed E-state index contributed by atoms with van der Waals surface area (Å²) in [6, 6.07) is 0. The Balaban J connectivity index is 2.09. The lowest BCUT2D eigenvalue weighted by Crippen LogP contribution is -2.65. The Bertz CT molecular complexity index is 1130. The summed E-state index contributed by atoms with van der Waals surface area (Å²) in [6.45, 7) is 12.0. The van der Waals surface area contributed by atoms with E-state index in [-0.39, 0.29) is 5.57 Å². The van der Waals surface area contributed by atoms with Gasteiger partial charge in [-0.2, -0.15) is 0 Å². The molecule has 0 amide bonds. The molecule has 6 unspecified atom stereocenters. The molecule has 11 heteroatoms. The highest BCUT2D eigenvalue weighted by atomic mass is 35.5. The third-order valence-corrected chi connectivity index (χ3v) is 9.20. The molecule has 4 rings (SSSR count). The van der Waals surface area contributed by atoms with Crippen molar-refractivity contribution in [1.29, 1.82) is 0 Å². The van der Waals surface area contributed by atoms with Gasteiger partial charge < -0.3 is 24.1 Å². The van der Waals surface area contributed by atoms with Crippen LogP contribution >= 0.6 is 11.6 Å². The van der Waals surface area contributed by atoms with Gasteiger partial charge in [0, 0.05) is 38.0 Å². The third-order valence-electron chi connectivity index (χ3n) is 8.69. The lowest BCUT2D eigenvalue weighted by molar-refractivity contribution is -0.218. The predicted octanol–water partition coefficient (Wildman–Crippen LogP) is 1.65. The van der Waals surface area contributed by atoms with Gasteiger partial charge in [-0.1, -0.05) is 25.7 Å². The number of carbonyl (C=O) groups excluding carboxylic acids is 5. The average Bonchev–Trinajstić information content (AvgIpc) is 3.29. The summed E-state index contributed by atoms with van der Waals surface area (Å²) in [6.07, 6.45) is -0.844. The zero-order chi connectivity index (χ0) is 27.8. The van der Waals surface area contributed by atoms with Gasteiger partial charge in [0.25, 0.3) is 0 Å². The van der Waals surface area contributed by atoms with Gasteiger partial charge in [0.05, 0.1) is 17.2 Å². The van der Waals surface area contributed by atoms with E-state index in [1.807, 2.05) is 0 Å². The minimum Gasteiger partial charge on any atom is -0.459 e. The van der Waals surface area contributed by atoms with Crippen LogP contribution in [0.15, 0.2) is 24.3 Å². The number of rotatable bonds is 3. The summed E-state index contributed by atoms with van der Waals surface area (Å²) in [5.74, 6) is -7.61. The maximum atomic E-state index is 13.9. The van der Waals surface area contributed by atoms with Crippen molar-refractivity contribution in [1.82, 2.24) is 0 Å². The number of ether oxygens (including phenoxy) is 4. The Morgan fingerprint density at radius 1 is 1.05 bits per heavy atom. The number of halogens is 1. The number of carbonyl (C=O) groups is 5. The first kappa shape index (κ1) is 27.3. The maximum Gasteiger partial charge on any atom is 0.312 e. The summed E-state index contributed by atoms with van der Waals surface area (Å²) in [5, 5.41) is 11.1. The van der Waals surface area contributed by atoms with Crippen LogP contribution in [0.2, 0.25) is 0 Å². The number of ketones is 1. The summed E-state index contributed by atoms with van der Waals surface area (Å²) in [5.41, 5.74) is -5.26. The molecule has 1 heterocycles. The van der Waals surface area contributed by atoms with Crippen molar-refractivity contribution in [3.63, 3.8) is 0 Å². The Hall–Kier alpha value is -2.72. The van der Waals surface area contributed by atoms with Crippen LogP contribution in [0.25, 0.3) is 0 Å². The molecule has 37 heavy (non-hydrogen) atoms. The van der Waals surface area contributed by atoms with E-state index < -0.39 is 93.6 Å². The standard InChI is InChI=1S/C26H31ClO10/c1-10-17(27)21-26(33,11(2)23(32)36-21)22(35-13(4)29)19-24(6)15(18(10)34-12(3)28)8-9-16(24)20(31)25(19,7)37-14(5)30/h8-9,11,15-19,21-22,33H,1H2,2-7H3/t11?,15-,16+,17?,18?,19?,21?,22+,24+,25+,26?/m1/s1. The minimum absolute atomic E-state index is 0.134. The van der Waals surface area contributed by atoms with Crippen LogP contribution in [0.3, 0.4) is 0 Å². The molecule has 4 aliphatic rings. The molecule has 3 fully saturated rings. The summed E-state index contributed by atoms with van der Waals surface area (Å²) < 4.78 is 22.6. The lowest BCUT2D eigenvalue weighted by atomic mass is 9.60. The molecule has 202 valence electrons. The molecule has 0 aromatic carbocycles. The van der Waals surface area contributed by atoms with Crippen molar-refractivity contribution in [3.8, 4) is 0 Å². The van der Waals surface area contributed by atoms with Crippen molar-refractivity contribution in [3.05, 3.63) is 24.3 Å². The molecule has 2 saturated carbocycles. The molecule has 3 aliphatic carbocycles. The van der Waals surface area contributed by atoms with Crippen molar-refractivity contribution in [2.24, 2.45) is 29.1 Å². The topological polar surface area (TPSA) is 143 Å². The number of alkyl halides is 1. The van der Waals surface area contributed by atoms with Gasteiger partial charge in [-0.15, -0.1) is 11.6 Å². The highest BCUT2D eigenvalue weighted by molar-refractivity contribution is 6.23. The summed E-state index contributed by atoms with van der Waals surface area (Å²) in [4.78, 5) is 63.7. The molecule has 0 bridgehead atoms. The molecule has 0 aromatic rings. The Morgan fingerprint density at radius 3 is 2.19 bits per heavy atom. The first-order valence-electron chi connectivity index (χ1n) is 12.0. The first-order chi connectivity index (χ1) is 17.0. The number of hydrogen-bond donors (Lipinski definition) is 1. The van der Waals surface area contributed by atoms with E-state index in [0.717, 1.165) is 13.8 Å². The largest absolute Gasteiger partial charge is 0.459 e. The van der Waals surface area contributed by atoms with Crippen LogP contribution < -0.4 is 0 Å². The van der Waals surface area contributed by atoms with Gasteiger partial charge in [0.1, 0.15) is 12.2 Å². The van der Waals surface area contributed by atoms with Crippen LogP contribution in [0.5, 0.6) is 0 Å². The van der Waals surface area contributed by atoms with E-state index in [1.165, 1.54) is 20.8 Å². The van der Waals surface area contributed by atoms with Crippen LogP contribution in [0.1, 0.15) is 41.5 Å². The van der Waals surface area contributed by atoms with Crippen LogP contribution in [-0.4, -0.2) is 69.7 Å². The average molecular weight is 539 g/mol. The quantitative estimate of drug-likeness (QED) is 0.244. The Kier molecular flexibility index (Phi) is 6.39. The van der Waals surface area contributed by atoms with E-state index in [1.54, 1.807) is 19.1 Å². The maximum absolute atomic E-state index is 13.9. The highest BCUT2D eigenvalue weighted by Gasteiger charge is 2.78. The second-order valence-corrected chi connectivity index (χ2v) is 11.3. The number of hydrogen-bond acceptors (Lipinski definition) is 10. The van der Waals surface area contributed by atoms with Gasteiger partial charge >= 0.3 is 23.9 Å². The zero-order valence-electron chi connectivity index (χ0n) is 21.5.